The normalized spacial score (nSPS) is 18.0. The van der Waals surface area contributed by atoms with Crippen LogP contribution in [0.1, 0.15) is 6.92 Å². The van der Waals surface area contributed by atoms with Crippen LogP contribution in [0, 0.1) is 5.92 Å². The molecule has 31 heavy (non-hydrogen) atoms. The lowest BCUT2D eigenvalue weighted by atomic mass is 10.1. The minimum absolute atomic E-state index is 0.0997. The van der Waals surface area contributed by atoms with Gasteiger partial charge in [-0.1, -0.05) is 42.4 Å². The molecule has 0 aromatic heterocycles. The van der Waals surface area contributed by atoms with E-state index in [-0.39, 0.29) is 6.61 Å². The van der Waals surface area contributed by atoms with Crippen LogP contribution in [-0.4, -0.2) is 80.5 Å². The number of para-hydroxylation sites is 1. The predicted octanol–water partition coefficient (Wildman–Crippen LogP) is 4.21. The van der Waals surface area contributed by atoms with Gasteiger partial charge in [0.15, 0.2) is 0 Å². The largest absolute Gasteiger partial charge is 0.394 e. The molecule has 4 rings (SSSR count). The second-order valence-corrected chi connectivity index (χ2v) is 9.90. The molecule has 1 saturated heterocycles. The molecule has 2 aromatic rings. The molecule has 2 aliphatic rings. The van der Waals surface area contributed by atoms with E-state index in [0.29, 0.717) is 19.1 Å². The van der Waals surface area contributed by atoms with Crippen molar-refractivity contribution in [2.75, 3.05) is 70.5 Å². The van der Waals surface area contributed by atoms with Gasteiger partial charge in [-0.05, 0) is 36.2 Å². The number of nitrogens with zero attached hydrogens (tertiary/aromatic N) is 3. The van der Waals surface area contributed by atoms with Crippen LogP contribution in [0.2, 0.25) is 5.02 Å². The second kappa shape index (κ2) is 11.0. The van der Waals surface area contributed by atoms with Crippen molar-refractivity contribution in [3.8, 4) is 0 Å². The molecule has 0 saturated carbocycles. The van der Waals surface area contributed by atoms with Gasteiger partial charge in [0, 0.05) is 60.6 Å². The monoisotopic (exact) mass is 461 g/mol. The quantitative estimate of drug-likeness (QED) is 0.564. The fourth-order valence-electron chi connectivity index (χ4n) is 4.37. The van der Waals surface area contributed by atoms with Gasteiger partial charge in [-0.2, -0.15) is 0 Å². The standard InChI is InChI=1S/C24H32ClN3O2S/c1-19(17-27-10-8-26(9-11-27)12-14-30-15-13-29)18-28-21-4-2-3-5-23(21)31-24-7-6-20(25)16-22(24)28/h2-7,16,19,29H,8-15,17-18H2,1H3/t19-/m0/s1. The van der Waals surface area contributed by atoms with Crippen molar-refractivity contribution in [2.24, 2.45) is 5.92 Å². The van der Waals surface area contributed by atoms with Crippen molar-refractivity contribution in [3.63, 3.8) is 0 Å². The number of aliphatic hydroxyl groups is 1. The highest BCUT2D eigenvalue weighted by molar-refractivity contribution is 7.99. The van der Waals surface area contributed by atoms with E-state index in [2.05, 4.69) is 58.0 Å². The SMILES string of the molecule is C[C@@H](CN1CCN(CCOCCO)CC1)CN1c2ccccc2Sc2ccc(Cl)cc21. The smallest absolute Gasteiger partial charge is 0.0698 e. The number of aliphatic hydroxyl groups excluding tert-OH is 1. The number of anilines is 2. The molecule has 0 radical (unpaired) electrons. The number of benzene rings is 2. The van der Waals surface area contributed by atoms with Crippen molar-refractivity contribution in [3.05, 3.63) is 47.5 Å². The zero-order chi connectivity index (χ0) is 21.6. The van der Waals surface area contributed by atoms with Crippen molar-refractivity contribution in [1.29, 1.82) is 0 Å². The van der Waals surface area contributed by atoms with E-state index in [9.17, 15) is 0 Å². The average Bonchev–Trinajstić information content (AvgIpc) is 2.78. The first-order valence-corrected chi connectivity index (χ1v) is 12.3. The van der Waals surface area contributed by atoms with Crippen LogP contribution >= 0.6 is 23.4 Å². The topological polar surface area (TPSA) is 39.2 Å². The molecule has 0 spiro atoms. The Labute approximate surface area is 194 Å². The first kappa shape index (κ1) is 22.9. The number of piperazine rings is 1. The maximum atomic E-state index is 8.80. The third-order valence-corrected chi connectivity index (χ3v) is 7.27. The lowest BCUT2D eigenvalue weighted by molar-refractivity contribution is 0.0555. The summed E-state index contributed by atoms with van der Waals surface area (Å²) in [5.74, 6) is 0.530. The number of rotatable bonds is 9. The van der Waals surface area contributed by atoms with Gasteiger partial charge >= 0.3 is 0 Å². The summed E-state index contributed by atoms with van der Waals surface area (Å²) in [5.41, 5.74) is 2.50. The van der Waals surface area contributed by atoms with Crippen LogP contribution in [-0.2, 0) is 4.74 Å². The number of fused-ring (bicyclic) bond motifs is 2. The van der Waals surface area contributed by atoms with Gasteiger partial charge in [0.05, 0.1) is 31.2 Å². The highest BCUT2D eigenvalue weighted by Gasteiger charge is 2.26. The molecule has 7 heteroatoms. The Morgan fingerprint density at radius 3 is 2.52 bits per heavy atom. The van der Waals surface area contributed by atoms with E-state index in [1.165, 1.54) is 21.2 Å². The Balaban J connectivity index is 1.34. The number of hydrogen-bond acceptors (Lipinski definition) is 6. The van der Waals surface area contributed by atoms with Crippen LogP contribution < -0.4 is 4.90 Å². The fourth-order valence-corrected chi connectivity index (χ4v) is 5.61. The highest BCUT2D eigenvalue weighted by Crippen LogP contribution is 2.48. The maximum Gasteiger partial charge on any atom is 0.0698 e. The zero-order valence-electron chi connectivity index (χ0n) is 18.2. The van der Waals surface area contributed by atoms with Gasteiger partial charge < -0.3 is 19.6 Å². The van der Waals surface area contributed by atoms with E-state index >= 15 is 0 Å². The second-order valence-electron chi connectivity index (χ2n) is 8.38. The Hall–Kier alpha value is -1.28. The predicted molar refractivity (Wildman–Crippen MR) is 129 cm³/mol. The van der Waals surface area contributed by atoms with Crippen molar-refractivity contribution >= 4 is 34.7 Å². The molecule has 0 unspecified atom stereocenters. The van der Waals surface area contributed by atoms with E-state index in [4.69, 9.17) is 21.4 Å². The molecule has 168 valence electrons. The van der Waals surface area contributed by atoms with Gasteiger partial charge in [0.2, 0.25) is 0 Å². The lowest BCUT2D eigenvalue weighted by Gasteiger charge is -2.38. The van der Waals surface area contributed by atoms with Crippen LogP contribution in [0.25, 0.3) is 0 Å². The third-order valence-electron chi connectivity index (χ3n) is 5.90. The summed E-state index contributed by atoms with van der Waals surface area (Å²) >= 11 is 8.19. The van der Waals surface area contributed by atoms with Crippen LogP contribution in [0.3, 0.4) is 0 Å². The molecule has 1 atom stereocenters. The Bertz CT molecular complexity index is 860. The maximum absolute atomic E-state index is 8.80. The summed E-state index contributed by atoms with van der Waals surface area (Å²) in [5, 5.41) is 9.59. The molecule has 1 N–H and O–H groups in total. The van der Waals surface area contributed by atoms with E-state index in [1.807, 2.05) is 17.8 Å². The Kier molecular flexibility index (Phi) is 8.15. The Morgan fingerprint density at radius 2 is 1.71 bits per heavy atom. The van der Waals surface area contributed by atoms with Gasteiger partial charge in [0.25, 0.3) is 0 Å². The average molecular weight is 462 g/mol. The Morgan fingerprint density at radius 1 is 0.968 bits per heavy atom. The fraction of sp³-hybridized carbons (Fsp3) is 0.500. The minimum atomic E-state index is 0.0997. The molecule has 2 heterocycles. The third kappa shape index (κ3) is 5.95. The van der Waals surface area contributed by atoms with E-state index in [1.54, 1.807) is 0 Å². The molecule has 0 aliphatic carbocycles. The minimum Gasteiger partial charge on any atom is -0.394 e. The molecule has 0 amide bonds. The molecule has 2 aromatic carbocycles. The van der Waals surface area contributed by atoms with Crippen LogP contribution in [0.15, 0.2) is 52.3 Å². The van der Waals surface area contributed by atoms with Crippen molar-refractivity contribution < 1.29 is 9.84 Å². The first-order chi connectivity index (χ1) is 15.1. The number of ether oxygens (including phenoxy) is 1. The van der Waals surface area contributed by atoms with Gasteiger partial charge in [-0.15, -0.1) is 0 Å². The summed E-state index contributed by atoms with van der Waals surface area (Å²) in [6.45, 7) is 11.0. The summed E-state index contributed by atoms with van der Waals surface area (Å²) in [6, 6.07) is 14.9. The molecule has 0 bridgehead atoms. The van der Waals surface area contributed by atoms with Crippen molar-refractivity contribution in [1.82, 2.24) is 9.80 Å². The molecule has 2 aliphatic heterocycles. The number of hydrogen-bond donors (Lipinski definition) is 1. The molecular weight excluding hydrogens is 430 g/mol. The number of halogens is 1. The first-order valence-electron chi connectivity index (χ1n) is 11.1. The van der Waals surface area contributed by atoms with Gasteiger partial charge in [-0.3, -0.25) is 4.90 Å². The summed E-state index contributed by atoms with van der Waals surface area (Å²) in [7, 11) is 0. The van der Waals surface area contributed by atoms with Crippen LogP contribution in [0.4, 0.5) is 11.4 Å². The van der Waals surface area contributed by atoms with E-state index in [0.717, 1.165) is 50.8 Å². The van der Waals surface area contributed by atoms with Crippen LogP contribution in [0.5, 0.6) is 0 Å². The lowest BCUT2D eigenvalue weighted by Crippen LogP contribution is -2.49. The molecule has 1 fully saturated rings. The molecular formula is C24H32ClN3O2S. The van der Waals surface area contributed by atoms with Crippen molar-refractivity contribution in [2.45, 2.75) is 16.7 Å². The summed E-state index contributed by atoms with van der Waals surface area (Å²) < 4.78 is 5.41. The van der Waals surface area contributed by atoms with Gasteiger partial charge in [-0.25, -0.2) is 0 Å². The summed E-state index contributed by atoms with van der Waals surface area (Å²) in [4.78, 5) is 10.1. The van der Waals surface area contributed by atoms with E-state index < -0.39 is 0 Å². The zero-order valence-corrected chi connectivity index (χ0v) is 19.7. The van der Waals surface area contributed by atoms with Gasteiger partial charge in [0.1, 0.15) is 0 Å². The summed E-state index contributed by atoms with van der Waals surface area (Å²) in [6.07, 6.45) is 0. The molecule has 5 nitrogen and oxygen atoms in total. The highest BCUT2D eigenvalue weighted by atomic mass is 35.5.